The minimum absolute atomic E-state index is 0.0169. The number of aliphatic hydroxyl groups is 1. The number of para-hydroxylation sites is 2. The molecule has 0 saturated carbocycles. The van der Waals surface area contributed by atoms with Crippen molar-refractivity contribution in [1.29, 1.82) is 0 Å². The van der Waals surface area contributed by atoms with Gasteiger partial charge in [0, 0.05) is 12.4 Å². The number of aromatic nitrogens is 4. The number of ether oxygens (including phenoxy) is 3. The lowest BCUT2D eigenvalue weighted by molar-refractivity contribution is -0.122. The number of anilines is 1. The summed E-state index contributed by atoms with van der Waals surface area (Å²) in [5, 5.41) is 16.3. The molecule has 0 atom stereocenters. The number of nitrogens with one attached hydrogen (secondary N) is 1. The predicted molar refractivity (Wildman–Crippen MR) is 153 cm³/mol. The lowest BCUT2D eigenvalue weighted by Crippen LogP contribution is -2.17. The zero-order chi connectivity index (χ0) is 30.8. The van der Waals surface area contributed by atoms with Gasteiger partial charge in [-0.15, -0.1) is 0 Å². The second-order valence-electron chi connectivity index (χ2n) is 9.41. The lowest BCUT2D eigenvalue weighted by Gasteiger charge is -2.20. The van der Waals surface area contributed by atoms with Crippen LogP contribution in [0.5, 0.6) is 23.1 Å². The predicted octanol–water partition coefficient (Wildman–Crippen LogP) is 3.90. The van der Waals surface area contributed by atoms with E-state index in [9.17, 15) is 13.5 Å². The number of hydrogen-bond acceptors (Lipinski definition) is 11. The number of hydrogen-bond donors (Lipinski definition) is 3. The summed E-state index contributed by atoms with van der Waals surface area (Å²) in [5.74, 6) is 0.271. The molecule has 3 N–H and O–H groups in total. The zero-order valence-electron chi connectivity index (χ0n) is 23.4. The van der Waals surface area contributed by atoms with E-state index < -0.39 is 10.0 Å². The molecule has 0 spiro atoms. The summed E-state index contributed by atoms with van der Waals surface area (Å²) in [4.78, 5) is 25.5. The van der Waals surface area contributed by atoms with Crippen LogP contribution in [0.2, 0.25) is 0 Å². The Hall–Kier alpha value is -4.82. The van der Waals surface area contributed by atoms with Crippen LogP contribution in [-0.2, 0) is 20.2 Å². The van der Waals surface area contributed by atoms with Gasteiger partial charge in [-0.25, -0.2) is 23.4 Å². The number of benzene rings is 2. The molecule has 0 saturated heterocycles. The molecular weight excluding hydrogens is 566 g/mol. The van der Waals surface area contributed by atoms with Crippen LogP contribution < -0.4 is 18.9 Å². The third-order valence-electron chi connectivity index (χ3n) is 5.47. The number of carbonyl (C=O) groups is 1. The van der Waals surface area contributed by atoms with E-state index in [0.29, 0.717) is 5.75 Å². The normalized spacial score (nSPS) is 11.1. The molecule has 0 aliphatic rings. The number of rotatable bonds is 10. The molecule has 42 heavy (non-hydrogen) atoms. The minimum atomic E-state index is -4.14. The molecule has 4 aromatic rings. The van der Waals surface area contributed by atoms with E-state index in [1.165, 1.54) is 31.6 Å². The molecule has 0 aliphatic heterocycles. The standard InChI is InChI=1S/C27H29N5O6S.CH2O2/c1-27(2,3)18-10-12-19(13-11-18)39(34,35)32-23-22(38-21-9-6-5-8-20(21)36-4)26(37-17-16-33)31-25(30-23)24-28-14-7-15-29-24;2-1-3/h5-15,33H,16-17H2,1-4H3,(H,30,31,32);1H,(H,2,3). The first kappa shape index (κ1) is 31.7. The highest BCUT2D eigenvalue weighted by molar-refractivity contribution is 7.92. The van der Waals surface area contributed by atoms with E-state index in [4.69, 9.17) is 24.1 Å². The van der Waals surface area contributed by atoms with E-state index in [1.807, 2.05) is 20.8 Å². The average Bonchev–Trinajstić information content (AvgIpc) is 2.97. The van der Waals surface area contributed by atoms with E-state index in [2.05, 4.69) is 24.7 Å². The molecule has 4 rings (SSSR count). The van der Waals surface area contributed by atoms with Gasteiger partial charge in [-0.1, -0.05) is 45.0 Å². The molecule has 2 aromatic carbocycles. The van der Waals surface area contributed by atoms with Crippen LogP contribution in [0.15, 0.2) is 71.9 Å². The Morgan fingerprint density at radius 3 is 2.12 bits per heavy atom. The number of methoxy groups -OCH3 is 1. The van der Waals surface area contributed by atoms with Crippen LogP contribution in [0.4, 0.5) is 5.82 Å². The first-order valence-corrected chi connectivity index (χ1v) is 14.0. The monoisotopic (exact) mass is 597 g/mol. The quantitative estimate of drug-likeness (QED) is 0.224. The van der Waals surface area contributed by atoms with Gasteiger partial charge in [0.2, 0.25) is 11.6 Å². The summed E-state index contributed by atoms with van der Waals surface area (Å²) in [6.07, 6.45) is 3.00. The summed E-state index contributed by atoms with van der Waals surface area (Å²) in [6.45, 7) is 5.40. The van der Waals surface area contributed by atoms with Crippen molar-refractivity contribution in [2.75, 3.05) is 25.0 Å². The summed E-state index contributed by atoms with van der Waals surface area (Å²) in [7, 11) is -2.66. The Labute approximate surface area is 243 Å². The number of aliphatic hydroxyl groups excluding tert-OH is 1. The first-order chi connectivity index (χ1) is 20.0. The van der Waals surface area contributed by atoms with Gasteiger partial charge in [-0.2, -0.15) is 4.98 Å². The molecule has 13 nitrogen and oxygen atoms in total. The average molecular weight is 598 g/mol. The summed E-state index contributed by atoms with van der Waals surface area (Å²) < 4.78 is 46.6. The van der Waals surface area contributed by atoms with Crippen molar-refractivity contribution in [2.45, 2.75) is 31.1 Å². The lowest BCUT2D eigenvalue weighted by atomic mass is 9.87. The van der Waals surface area contributed by atoms with Crippen LogP contribution in [-0.4, -0.2) is 65.4 Å². The van der Waals surface area contributed by atoms with Crippen LogP contribution in [0.3, 0.4) is 0 Å². The topological polar surface area (TPSA) is 183 Å². The largest absolute Gasteiger partial charge is 0.493 e. The highest BCUT2D eigenvalue weighted by atomic mass is 32.2. The van der Waals surface area contributed by atoms with Crippen molar-refractivity contribution in [1.82, 2.24) is 19.9 Å². The van der Waals surface area contributed by atoms with E-state index in [0.717, 1.165) is 5.56 Å². The highest BCUT2D eigenvalue weighted by Gasteiger charge is 2.26. The molecule has 0 bridgehead atoms. The first-order valence-electron chi connectivity index (χ1n) is 12.5. The van der Waals surface area contributed by atoms with Crippen molar-refractivity contribution in [3.05, 3.63) is 72.6 Å². The molecule has 0 amide bonds. The van der Waals surface area contributed by atoms with Gasteiger partial charge in [-0.05, 0) is 41.3 Å². The summed E-state index contributed by atoms with van der Waals surface area (Å²) in [5.41, 5.74) is 0.827. The molecule has 0 unspecified atom stereocenters. The van der Waals surface area contributed by atoms with Gasteiger partial charge in [0.05, 0.1) is 18.6 Å². The minimum Gasteiger partial charge on any atom is -0.493 e. The van der Waals surface area contributed by atoms with Gasteiger partial charge >= 0.3 is 0 Å². The number of carboxylic acid groups (broad SMARTS) is 1. The van der Waals surface area contributed by atoms with E-state index in [1.54, 1.807) is 42.5 Å². The Bertz CT molecular complexity index is 1580. The van der Waals surface area contributed by atoms with Crippen LogP contribution in [0.1, 0.15) is 26.3 Å². The van der Waals surface area contributed by atoms with Crippen molar-refractivity contribution >= 4 is 22.3 Å². The van der Waals surface area contributed by atoms with Gasteiger partial charge in [0.25, 0.3) is 22.4 Å². The van der Waals surface area contributed by atoms with Crippen LogP contribution >= 0.6 is 0 Å². The molecule has 0 radical (unpaired) electrons. The summed E-state index contributed by atoms with van der Waals surface area (Å²) in [6, 6.07) is 15.0. The second-order valence-corrected chi connectivity index (χ2v) is 11.1. The molecule has 222 valence electrons. The fraction of sp³-hybridized carbons (Fsp3) is 0.250. The van der Waals surface area contributed by atoms with Gasteiger partial charge in [0.1, 0.15) is 6.61 Å². The maximum absolute atomic E-state index is 13.5. The molecule has 2 aromatic heterocycles. The number of nitrogens with zero attached hydrogens (tertiary/aromatic N) is 4. The smallest absolute Gasteiger partial charge is 0.290 e. The van der Waals surface area contributed by atoms with Crippen LogP contribution in [0.25, 0.3) is 11.6 Å². The third-order valence-corrected chi connectivity index (χ3v) is 6.83. The second kappa shape index (κ2) is 14.2. The molecule has 0 aliphatic carbocycles. The maximum Gasteiger partial charge on any atom is 0.290 e. The third kappa shape index (κ3) is 8.11. The van der Waals surface area contributed by atoms with E-state index in [-0.39, 0.29) is 64.8 Å². The van der Waals surface area contributed by atoms with Crippen molar-refractivity contribution in [2.24, 2.45) is 0 Å². The van der Waals surface area contributed by atoms with Crippen molar-refractivity contribution in [3.8, 4) is 34.8 Å². The van der Waals surface area contributed by atoms with E-state index >= 15 is 0 Å². The Morgan fingerprint density at radius 2 is 1.55 bits per heavy atom. The van der Waals surface area contributed by atoms with Crippen LogP contribution in [0, 0.1) is 0 Å². The summed E-state index contributed by atoms with van der Waals surface area (Å²) >= 11 is 0. The van der Waals surface area contributed by atoms with Gasteiger partial charge in [0.15, 0.2) is 23.1 Å². The molecule has 2 heterocycles. The Balaban J connectivity index is 0.00000155. The Kier molecular flexibility index (Phi) is 10.7. The molecular formula is C28H31N5O8S. The fourth-order valence-corrected chi connectivity index (χ4v) is 4.48. The van der Waals surface area contributed by atoms with Crippen molar-refractivity contribution < 1.29 is 37.6 Å². The van der Waals surface area contributed by atoms with Gasteiger partial charge in [-0.3, -0.25) is 9.52 Å². The maximum atomic E-state index is 13.5. The highest BCUT2D eigenvalue weighted by Crippen LogP contribution is 2.41. The fourth-order valence-electron chi connectivity index (χ4n) is 3.48. The zero-order valence-corrected chi connectivity index (χ0v) is 24.2. The van der Waals surface area contributed by atoms with Gasteiger partial charge < -0.3 is 24.4 Å². The molecule has 0 fully saturated rings. The van der Waals surface area contributed by atoms with Crippen molar-refractivity contribution in [3.63, 3.8) is 0 Å². The molecule has 14 heteroatoms. The Morgan fingerprint density at radius 1 is 0.929 bits per heavy atom. The number of sulfonamides is 1. The SMILES string of the molecule is COc1ccccc1Oc1c(NS(=O)(=O)c2ccc(C(C)(C)C)cc2)nc(-c2ncccn2)nc1OCCO.O=CO.